The maximum Gasteiger partial charge on any atom is 0.414 e. The van der Waals surface area contributed by atoms with Crippen LogP contribution in [0.1, 0.15) is 25.3 Å². The Morgan fingerprint density at radius 2 is 2.07 bits per heavy atom. The molecule has 2 amide bonds. The van der Waals surface area contributed by atoms with E-state index in [-0.39, 0.29) is 41.0 Å². The number of benzene rings is 1. The summed E-state index contributed by atoms with van der Waals surface area (Å²) in [4.78, 5) is 29.1. The fourth-order valence-corrected chi connectivity index (χ4v) is 6.51. The molecule has 4 rings (SSSR count). The first-order valence-corrected chi connectivity index (χ1v) is 11.9. The van der Waals surface area contributed by atoms with Crippen LogP contribution in [0.4, 0.5) is 15.6 Å². The van der Waals surface area contributed by atoms with E-state index < -0.39 is 16.1 Å². The van der Waals surface area contributed by atoms with E-state index in [4.69, 9.17) is 16.3 Å². The van der Waals surface area contributed by atoms with Crippen molar-refractivity contribution in [2.45, 2.75) is 36.6 Å². The van der Waals surface area contributed by atoms with Crippen molar-refractivity contribution in [2.75, 3.05) is 23.3 Å². The van der Waals surface area contributed by atoms with Crippen LogP contribution in [-0.4, -0.2) is 48.8 Å². The average Bonchev–Trinajstić information content (AvgIpc) is 3.17. The second kappa shape index (κ2) is 8.14. The number of halogens is 1. The molecule has 3 heterocycles. The molecule has 1 aromatic heterocycles. The molecule has 9 nitrogen and oxygen atoms in total. The lowest BCUT2D eigenvalue weighted by Gasteiger charge is -2.39. The third-order valence-electron chi connectivity index (χ3n) is 5.00. The van der Waals surface area contributed by atoms with Crippen molar-refractivity contribution in [3.8, 4) is 0 Å². The summed E-state index contributed by atoms with van der Waals surface area (Å²) < 4.78 is 32.6. The van der Waals surface area contributed by atoms with Crippen molar-refractivity contribution in [3.05, 3.63) is 35.0 Å². The number of piperidine rings is 1. The summed E-state index contributed by atoms with van der Waals surface area (Å²) in [5.74, 6) is -0.316. The van der Waals surface area contributed by atoms with Gasteiger partial charge in [0.1, 0.15) is 6.61 Å². The van der Waals surface area contributed by atoms with Crippen LogP contribution in [0.2, 0.25) is 5.02 Å². The fourth-order valence-electron chi connectivity index (χ4n) is 3.61. The number of thiazole rings is 1. The standard InChI is InChI=1S/C18H19ClN4O5S2/c1-11(24)21-17-20-9-16(29-17)30(26,27)22-6-4-14(5-7-22)23-15-3-2-13(19)8-12(15)10-28-18(23)25/h2-3,8-9,14H,4-7,10H2,1H3,(H,20,21,24). The molecule has 0 aliphatic carbocycles. The van der Waals surface area contributed by atoms with Gasteiger partial charge in [-0.3, -0.25) is 9.69 Å². The number of fused-ring (bicyclic) bond motifs is 1. The highest BCUT2D eigenvalue weighted by Crippen LogP contribution is 2.35. The largest absolute Gasteiger partial charge is 0.444 e. The zero-order chi connectivity index (χ0) is 21.5. The molecule has 160 valence electrons. The highest BCUT2D eigenvalue weighted by atomic mass is 35.5. The number of ether oxygens (including phenoxy) is 1. The van der Waals surface area contributed by atoms with Gasteiger partial charge in [-0.2, -0.15) is 4.31 Å². The van der Waals surface area contributed by atoms with Crippen LogP contribution in [0.15, 0.2) is 28.6 Å². The Bertz CT molecular complexity index is 1100. The summed E-state index contributed by atoms with van der Waals surface area (Å²) in [6.07, 6.45) is 1.74. The zero-order valence-corrected chi connectivity index (χ0v) is 18.4. The van der Waals surface area contributed by atoms with Crippen LogP contribution in [0.25, 0.3) is 0 Å². The first kappa shape index (κ1) is 21.0. The van der Waals surface area contributed by atoms with Gasteiger partial charge >= 0.3 is 6.09 Å². The van der Waals surface area contributed by atoms with Crippen LogP contribution in [0.3, 0.4) is 0 Å². The molecule has 2 aliphatic heterocycles. The predicted molar refractivity (Wildman–Crippen MR) is 112 cm³/mol. The van der Waals surface area contributed by atoms with Crippen molar-refractivity contribution in [2.24, 2.45) is 0 Å². The minimum Gasteiger partial charge on any atom is -0.444 e. The molecule has 1 aromatic carbocycles. The normalized spacial score (nSPS) is 18.1. The van der Waals surface area contributed by atoms with Crippen LogP contribution >= 0.6 is 22.9 Å². The summed E-state index contributed by atoms with van der Waals surface area (Å²) in [5, 5.41) is 3.29. The lowest BCUT2D eigenvalue weighted by molar-refractivity contribution is -0.114. The van der Waals surface area contributed by atoms with Crippen LogP contribution in [-0.2, 0) is 26.2 Å². The second-order valence-electron chi connectivity index (χ2n) is 7.00. The molecule has 0 saturated carbocycles. The predicted octanol–water partition coefficient (Wildman–Crippen LogP) is 3.06. The van der Waals surface area contributed by atoms with E-state index in [1.54, 1.807) is 23.1 Å². The molecule has 2 aromatic rings. The van der Waals surface area contributed by atoms with Gasteiger partial charge in [-0.1, -0.05) is 22.9 Å². The van der Waals surface area contributed by atoms with Crippen molar-refractivity contribution in [1.29, 1.82) is 0 Å². The Balaban J connectivity index is 1.48. The summed E-state index contributed by atoms with van der Waals surface area (Å²) in [6.45, 7) is 2.01. The molecular formula is C18H19ClN4O5S2. The van der Waals surface area contributed by atoms with E-state index >= 15 is 0 Å². The molecule has 0 radical (unpaired) electrons. The topological polar surface area (TPSA) is 109 Å². The van der Waals surface area contributed by atoms with Crippen LogP contribution in [0.5, 0.6) is 0 Å². The van der Waals surface area contributed by atoms with Crippen molar-refractivity contribution >= 4 is 55.8 Å². The molecule has 2 aliphatic rings. The summed E-state index contributed by atoms with van der Waals surface area (Å²) in [5.41, 5.74) is 1.58. The van der Waals surface area contributed by atoms with E-state index in [1.165, 1.54) is 17.4 Å². The van der Waals surface area contributed by atoms with Gasteiger partial charge in [0.15, 0.2) is 9.34 Å². The Labute approximate surface area is 182 Å². The Morgan fingerprint density at radius 1 is 1.33 bits per heavy atom. The van der Waals surface area contributed by atoms with Crippen molar-refractivity contribution in [1.82, 2.24) is 9.29 Å². The summed E-state index contributed by atoms with van der Waals surface area (Å²) in [6, 6.07) is 5.11. The number of aromatic nitrogens is 1. The molecular weight excluding hydrogens is 452 g/mol. The number of rotatable bonds is 4. The molecule has 1 saturated heterocycles. The monoisotopic (exact) mass is 470 g/mol. The summed E-state index contributed by atoms with van der Waals surface area (Å²) >= 11 is 6.96. The zero-order valence-electron chi connectivity index (χ0n) is 16.0. The third-order valence-corrected chi connectivity index (χ3v) is 8.48. The summed E-state index contributed by atoms with van der Waals surface area (Å²) in [7, 11) is -3.72. The van der Waals surface area contributed by atoms with Crippen LogP contribution in [0, 0.1) is 0 Å². The van der Waals surface area contributed by atoms with Gasteiger partial charge in [-0.15, -0.1) is 0 Å². The molecule has 1 fully saturated rings. The molecule has 0 unspecified atom stereocenters. The SMILES string of the molecule is CC(=O)Nc1ncc(S(=O)(=O)N2CCC(N3C(=O)OCc4cc(Cl)ccc43)CC2)s1. The van der Waals surface area contributed by atoms with Crippen molar-refractivity contribution in [3.63, 3.8) is 0 Å². The number of cyclic esters (lactones) is 1. The number of anilines is 2. The van der Waals surface area contributed by atoms with Gasteiger partial charge in [0.05, 0.1) is 11.9 Å². The highest BCUT2D eigenvalue weighted by molar-refractivity contribution is 7.91. The lowest BCUT2D eigenvalue weighted by Crippen LogP contribution is -2.50. The molecule has 0 atom stereocenters. The molecule has 1 N–H and O–H groups in total. The molecule has 12 heteroatoms. The van der Waals surface area contributed by atoms with E-state index in [9.17, 15) is 18.0 Å². The quantitative estimate of drug-likeness (QED) is 0.735. The van der Waals surface area contributed by atoms with Gasteiger partial charge in [0.25, 0.3) is 10.0 Å². The van der Waals surface area contributed by atoms with Gasteiger partial charge in [0.2, 0.25) is 5.91 Å². The number of hydrogen-bond donors (Lipinski definition) is 1. The van der Waals surface area contributed by atoms with E-state index in [0.29, 0.717) is 17.9 Å². The Kier molecular flexibility index (Phi) is 5.71. The van der Waals surface area contributed by atoms with Gasteiger partial charge in [0, 0.05) is 36.6 Å². The second-order valence-corrected chi connectivity index (χ2v) is 10.6. The van der Waals surface area contributed by atoms with Crippen molar-refractivity contribution < 1.29 is 22.7 Å². The number of carbonyl (C=O) groups excluding carboxylic acids is 2. The number of amides is 2. The van der Waals surface area contributed by atoms with Crippen LogP contribution < -0.4 is 10.2 Å². The van der Waals surface area contributed by atoms with Gasteiger partial charge in [-0.05, 0) is 31.0 Å². The average molecular weight is 471 g/mol. The molecule has 0 spiro atoms. The third kappa shape index (κ3) is 4.02. The first-order valence-electron chi connectivity index (χ1n) is 9.23. The van der Waals surface area contributed by atoms with Gasteiger partial charge in [-0.25, -0.2) is 18.2 Å². The molecule has 30 heavy (non-hydrogen) atoms. The maximum absolute atomic E-state index is 12.9. The first-order chi connectivity index (χ1) is 14.3. The minimum atomic E-state index is -3.72. The Hall–Kier alpha value is -2.21. The number of sulfonamides is 1. The minimum absolute atomic E-state index is 0.0714. The fraction of sp³-hybridized carbons (Fsp3) is 0.389. The number of carbonyl (C=O) groups is 2. The Morgan fingerprint density at radius 3 is 2.77 bits per heavy atom. The highest BCUT2D eigenvalue weighted by Gasteiger charge is 2.37. The maximum atomic E-state index is 12.9. The smallest absolute Gasteiger partial charge is 0.414 e. The number of nitrogens with one attached hydrogen (secondary N) is 1. The number of nitrogens with zero attached hydrogens (tertiary/aromatic N) is 3. The van der Waals surface area contributed by atoms with E-state index in [1.807, 2.05) is 0 Å². The lowest BCUT2D eigenvalue weighted by atomic mass is 10.0. The molecule has 0 bridgehead atoms. The van der Waals surface area contributed by atoms with E-state index in [2.05, 4.69) is 10.3 Å². The van der Waals surface area contributed by atoms with E-state index in [0.717, 1.165) is 22.6 Å². The number of hydrogen-bond acceptors (Lipinski definition) is 7. The van der Waals surface area contributed by atoms with Gasteiger partial charge < -0.3 is 10.1 Å².